The molecule has 0 aromatic heterocycles. The van der Waals surface area contributed by atoms with Crippen LogP contribution in [0, 0.1) is 5.92 Å². The summed E-state index contributed by atoms with van der Waals surface area (Å²) in [6.07, 6.45) is 0. The molecule has 0 saturated heterocycles. The Morgan fingerprint density at radius 2 is 1.69 bits per heavy atom. The van der Waals surface area contributed by atoms with Gasteiger partial charge in [0.25, 0.3) is 16.0 Å². The van der Waals surface area contributed by atoms with E-state index >= 15 is 0 Å². The number of likely N-dealkylation sites (N-methyl/N-ethyl adjacent to an activating group) is 1. The predicted octanol–water partition coefficient (Wildman–Crippen LogP) is -0.118. The molecule has 0 heterocycles. The molecule has 0 saturated carbocycles. The molecule has 1 aromatic carbocycles. The molecule has 0 aliphatic rings. The summed E-state index contributed by atoms with van der Waals surface area (Å²) in [4.78, 5) is 47.3. The van der Waals surface area contributed by atoms with E-state index in [9.17, 15) is 27.6 Å². The Hall–Kier alpha value is -2.68. The Bertz CT molecular complexity index is 935. The van der Waals surface area contributed by atoms with Crippen LogP contribution in [0.1, 0.15) is 19.4 Å². The van der Waals surface area contributed by atoms with Crippen molar-refractivity contribution in [1.82, 2.24) is 16.0 Å². The Kier molecular flexibility index (Phi) is 10.6. The van der Waals surface area contributed by atoms with Gasteiger partial charge in [0.05, 0.1) is 6.54 Å². The van der Waals surface area contributed by atoms with Gasteiger partial charge >= 0.3 is 5.30 Å². The third kappa shape index (κ3) is 9.21. The smallest absolute Gasteiger partial charge is 0.364 e. The van der Waals surface area contributed by atoms with Crippen molar-refractivity contribution in [3.63, 3.8) is 0 Å². The second kappa shape index (κ2) is 12.4. The monoisotopic (exact) mass is 490 g/mol. The quantitative estimate of drug-likeness (QED) is 0.140. The number of hydrogen-bond donors (Lipinski definition) is 6. The van der Waals surface area contributed by atoms with Crippen LogP contribution in [0.4, 0.5) is 10.5 Å². The lowest BCUT2D eigenvalue weighted by atomic mass is 10.0. The molecule has 178 valence electrons. The van der Waals surface area contributed by atoms with Crippen molar-refractivity contribution < 1.29 is 36.9 Å². The predicted molar refractivity (Wildman–Crippen MR) is 118 cm³/mol. The Morgan fingerprint density at radius 3 is 2.16 bits per heavy atom. The van der Waals surface area contributed by atoms with E-state index in [1.54, 1.807) is 38.1 Å². The number of anilines is 1. The van der Waals surface area contributed by atoms with E-state index in [-0.39, 0.29) is 6.61 Å². The molecule has 1 aromatic rings. The summed E-state index contributed by atoms with van der Waals surface area (Å²) in [5.74, 6) is -2.82. The Balaban J connectivity index is 2.64. The maximum Gasteiger partial charge on any atom is 0.364 e. The fraction of sp³-hybridized carbons (Fsp3) is 0.444. The molecule has 2 atom stereocenters. The highest BCUT2D eigenvalue weighted by molar-refractivity contribution is 7.96. The first-order chi connectivity index (χ1) is 14.8. The molecule has 14 heteroatoms. The molecule has 0 fully saturated rings. The van der Waals surface area contributed by atoms with Gasteiger partial charge in [0.1, 0.15) is 12.6 Å². The van der Waals surface area contributed by atoms with Gasteiger partial charge < -0.3 is 20.7 Å². The molecule has 32 heavy (non-hydrogen) atoms. The van der Waals surface area contributed by atoms with Gasteiger partial charge in [0.15, 0.2) is 0 Å². The second-order valence-corrected chi connectivity index (χ2v) is 8.80. The first-order valence-electron chi connectivity index (χ1n) is 9.31. The number of hydrogen-bond acceptors (Lipinski definition) is 8. The van der Waals surface area contributed by atoms with Gasteiger partial charge in [-0.3, -0.25) is 24.3 Å². The summed E-state index contributed by atoms with van der Waals surface area (Å²) in [5, 5.41) is 6.66. The van der Waals surface area contributed by atoms with E-state index in [0.29, 0.717) is 11.3 Å². The van der Waals surface area contributed by atoms with E-state index < -0.39 is 57.0 Å². The van der Waals surface area contributed by atoms with Gasteiger partial charge in [-0.25, -0.2) is 4.79 Å². The van der Waals surface area contributed by atoms with E-state index in [2.05, 4.69) is 33.9 Å². The van der Waals surface area contributed by atoms with Gasteiger partial charge in [-0.05, 0) is 30.7 Å². The summed E-state index contributed by atoms with van der Waals surface area (Å²) in [6, 6.07) is 5.25. The Morgan fingerprint density at radius 1 is 1.09 bits per heavy atom. The average Bonchev–Trinajstić information content (AvgIpc) is 2.68. The lowest BCUT2D eigenvalue weighted by Gasteiger charge is -2.23. The van der Waals surface area contributed by atoms with Crippen molar-refractivity contribution in [3.05, 3.63) is 29.8 Å². The van der Waals surface area contributed by atoms with Crippen LogP contribution in [0.5, 0.6) is 0 Å². The first kappa shape index (κ1) is 27.4. The summed E-state index contributed by atoms with van der Waals surface area (Å²) in [7, 11) is -3.57. The summed E-state index contributed by atoms with van der Waals surface area (Å²) >= 11 is 3.49. The fourth-order valence-electron chi connectivity index (χ4n) is 2.49. The number of nitrogens with one attached hydrogen (secondary N) is 4. The molecule has 0 spiro atoms. The van der Waals surface area contributed by atoms with Crippen LogP contribution in [0.25, 0.3) is 0 Å². The highest BCUT2D eigenvalue weighted by atomic mass is 32.2. The van der Waals surface area contributed by atoms with Crippen LogP contribution in [0.3, 0.4) is 0 Å². The molecule has 0 aliphatic carbocycles. The minimum Gasteiger partial charge on any atom is -0.453 e. The van der Waals surface area contributed by atoms with Crippen molar-refractivity contribution in [3.8, 4) is 0 Å². The van der Waals surface area contributed by atoms with Gasteiger partial charge in [0, 0.05) is 5.69 Å². The number of amides is 3. The largest absolute Gasteiger partial charge is 0.453 e. The van der Waals surface area contributed by atoms with Crippen LogP contribution in [0.2, 0.25) is 0 Å². The molecular weight excluding hydrogens is 464 g/mol. The maximum absolute atomic E-state index is 12.4. The SMILES string of the molecule is CNC(C(=O)NC(C(=O)NCC(=O)Nc1ccc(COC(=O)S)cc1)C(C)C)S(=O)(=O)O. The van der Waals surface area contributed by atoms with Crippen LogP contribution in [-0.2, 0) is 35.8 Å². The first-order valence-corrected chi connectivity index (χ1v) is 11.3. The highest BCUT2D eigenvalue weighted by Crippen LogP contribution is 2.11. The third-order valence-electron chi connectivity index (χ3n) is 4.07. The second-order valence-electron chi connectivity index (χ2n) is 6.93. The van der Waals surface area contributed by atoms with Crippen molar-refractivity contribution in [2.45, 2.75) is 31.9 Å². The van der Waals surface area contributed by atoms with E-state index in [0.717, 1.165) is 7.05 Å². The van der Waals surface area contributed by atoms with Crippen molar-refractivity contribution in [2.24, 2.45) is 5.92 Å². The average molecular weight is 491 g/mol. The molecular formula is C18H26N4O8S2. The maximum atomic E-state index is 12.4. The van der Waals surface area contributed by atoms with Gasteiger partial charge in [-0.1, -0.05) is 38.6 Å². The van der Waals surface area contributed by atoms with E-state index in [4.69, 9.17) is 9.29 Å². The molecule has 5 N–H and O–H groups in total. The number of thiol groups is 1. The number of ether oxygens (including phenoxy) is 1. The normalized spacial score (nSPS) is 13.1. The third-order valence-corrected chi connectivity index (χ3v) is 5.24. The molecule has 3 amide bonds. The van der Waals surface area contributed by atoms with Crippen molar-refractivity contribution in [2.75, 3.05) is 18.9 Å². The number of carbonyl (C=O) groups is 4. The number of benzene rings is 1. The Labute approximate surface area is 191 Å². The summed E-state index contributed by atoms with van der Waals surface area (Å²) in [5.41, 5.74) is 1.11. The molecule has 12 nitrogen and oxygen atoms in total. The topological polar surface area (TPSA) is 180 Å². The molecule has 0 aliphatic heterocycles. The zero-order chi connectivity index (χ0) is 24.5. The van der Waals surface area contributed by atoms with Crippen LogP contribution in [0.15, 0.2) is 24.3 Å². The van der Waals surface area contributed by atoms with E-state index in [1.165, 1.54) is 0 Å². The molecule has 2 unspecified atom stereocenters. The molecule has 0 radical (unpaired) electrons. The number of rotatable bonds is 11. The zero-order valence-electron chi connectivity index (χ0n) is 17.6. The molecule has 1 rings (SSSR count). The lowest BCUT2D eigenvalue weighted by molar-refractivity contribution is -0.130. The van der Waals surface area contributed by atoms with Gasteiger partial charge in [0.2, 0.25) is 17.2 Å². The zero-order valence-corrected chi connectivity index (χ0v) is 19.3. The fourth-order valence-corrected chi connectivity index (χ4v) is 3.19. The van der Waals surface area contributed by atoms with Crippen molar-refractivity contribution in [1.29, 1.82) is 0 Å². The van der Waals surface area contributed by atoms with E-state index in [1.807, 2.05) is 0 Å². The standard InChI is InChI=1S/C18H26N4O8S2/c1-10(2)14(22-16(25)17(19-3)32(27,28)29)15(24)20-8-13(23)21-12-6-4-11(5-7-12)9-30-18(26)31/h4-7,10,14,17,19H,8-9H2,1-3H3,(H,20,24)(H,21,23)(H,22,25)(H,26,31)(H,27,28,29). The lowest BCUT2D eigenvalue weighted by Crippen LogP contribution is -2.56. The van der Waals surface area contributed by atoms with Gasteiger partial charge in [-0.2, -0.15) is 8.42 Å². The van der Waals surface area contributed by atoms with Crippen LogP contribution >= 0.6 is 12.6 Å². The molecule has 0 bridgehead atoms. The summed E-state index contributed by atoms with van der Waals surface area (Å²) in [6.45, 7) is 2.84. The van der Waals surface area contributed by atoms with Gasteiger partial charge in [-0.15, -0.1) is 0 Å². The highest BCUT2D eigenvalue weighted by Gasteiger charge is 2.33. The summed E-state index contributed by atoms with van der Waals surface area (Å²) < 4.78 is 36.3. The number of carbonyl (C=O) groups excluding carboxylic acids is 4. The van der Waals surface area contributed by atoms with Crippen LogP contribution in [-0.4, -0.2) is 61.0 Å². The van der Waals surface area contributed by atoms with Crippen LogP contribution < -0.4 is 21.3 Å². The van der Waals surface area contributed by atoms with Crippen molar-refractivity contribution >= 4 is 51.5 Å². The minimum absolute atomic E-state index is 0.0287. The minimum atomic E-state index is -4.73.